The van der Waals surface area contributed by atoms with E-state index in [2.05, 4.69) is 10.5 Å². The third kappa shape index (κ3) is 3.56. The van der Waals surface area contributed by atoms with E-state index in [0.29, 0.717) is 28.8 Å². The number of carbonyl (C=O) groups is 1. The predicted molar refractivity (Wildman–Crippen MR) is 81.2 cm³/mol. The minimum atomic E-state index is -0.130. The first-order chi connectivity index (χ1) is 10.7. The topological polar surface area (TPSA) is 68.3 Å². The first kappa shape index (κ1) is 14.4. The van der Waals surface area contributed by atoms with Crippen molar-refractivity contribution < 1.29 is 13.7 Å². The molecule has 1 aromatic carbocycles. The molecule has 2 heterocycles. The number of benzene rings is 1. The van der Waals surface area contributed by atoms with Crippen molar-refractivity contribution in [3.05, 3.63) is 65.0 Å². The van der Waals surface area contributed by atoms with Crippen LogP contribution in [0.4, 0.5) is 0 Å². The Kier molecular flexibility index (Phi) is 4.25. The van der Waals surface area contributed by atoms with Crippen LogP contribution in [0.15, 0.2) is 57.7 Å². The number of amides is 1. The van der Waals surface area contributed by atoms with Gasteiger partial charge in [0, 0.05) is 17.6 Å². The van der Waals surface area contributed by atoms with Crippen LogP contribution in [0.2, 0.25) is 5.02 Å². The Labute approximate surface area is 131 Å². The van der Waals surface area contributed by atoms with Gasteiger partial charge in [0.2, 0.25) is 11.7 Å². The van der Waals surface area contributed by atoms with Crippen molar-refractivity contribution in [2.45, 2.75) is 13.0 Å². The molecule has 2 aromatic heterocycles. The number of hydrogen-bond donors (Lipinski definition) is 1. The van der Waals surface area contributed by atoms with Gasteiger partial charge >= 0.3 is 0 Å². The lowest BCUT2D eigenvalue weighted by molar-refractivity contribution is -0.120. The van der Waals surface area contributed by atoms with Gasteiger partial charge in [-0.3, -0.25) is 4.79 Å². The summed E-state index contributed by atoms with van der Waals surface area (Å²) in [5, 5.41) is 7.36. The van der Waals surface area contributed by atoms with Gasteiger partial charge in [-0.05, 0) is 29.8 Å². The van der Waals surface area contributed by atoms with Crippen LogP contribution in [0.25, 0.3) is 11.5 Å². The van der Waals surface area contributed by atoms with Gasteiger partial charge in [-0.15, -0.1) is 0 Å². The zero-order chi connectivity index (χ0) is 15.4. The van der Waals surface area contributed by atoms with Gasteiger partial charge < -0.3 is 14.3 Å². The Hall–Kier alpha value is -2.53. The molecule has 0 saturated heterocycles. The molecule has 0 saturated carbocycles. The van der Waals surface area contributed by atoms with E-state index in [9.17, 15) is 4.79 Å². The normalized spacial score (nSPS) is 10.6. The van der Waals surface area contributed by atoms with Crippen LogP contribution >= 0.6 is 11.6 Å². The third-order valence-corrected chi connectivity index (χ3v) is 3.32. The first-order valence-corrected chi connectivity index (χ1v) is 7.09. The van der Waals surface area contributed by atoms with Gasteiger partial charge in [-0.1, -0.05) is 28.9 Å². The standard InChI is InChI=1S/C16H13ClN2O3/c17-12-5-3-11(4-6-12)10-18-16(20)9-13-8-15(22-19-13)14-2-1-7-21-14/h1-8H,9-10H2,(H,18,20). The maximum Gasteiger partial charge on any atom is 0.226 e. The Bertz CT molecular complexity index is 748. The highest BCUT2D eigenvalue weighted by molar-refractivity contribution is 6.30. The fourth-order valence-electron chi connectivity index (χ4n) is 1.96. The van der Waals surface area contributed by atoms with Gasteiger partial charge in [0.1, 0.15) is 0 Å². The third-order valence-electron chi connectivity index (χ3n) is 3.07. The van der Waals surface area contributed by atoms with E-state index in [4.69, 9.17) is 20.5 Å². The highest BCUT2D eigenvalue weighted by atomic mass is 35.5. The molecule has 3 aromatic rings. The number of nitrogens with one attached hydrogen (secondary N) is 1. The molecule has 1 amide bonds. The lowest BCUT2D eigenvalue weighted by Gasteiger charge is -2.04. The summed E-state index contributed by atoms with van der Waals surface area (Å²) in [7, 11) is 0. The molecule has 0 radical (unpaired) electrons. The quantitative estimate of drug-likeness (QED) is 0.783. The van der Waals surface area contributed by atoms with Gasteiger partial charge in [0.25, 0.3) is 0 Å². The summed E-state index contributed by atoms with van der Waals surface area (Å²) in [4.78, 5) is 11.9. The maximum absolute atomic E-state index is 11.9. The van der Waals surface area contributed by atoms with Crippen molar-refractivity contribution in [3.63, 3.8) is 0 Å². The molecular weight excluding hydrogens is 304 g/mol. The van der Waals surface area contributed by atoms with Crippen LogP contribution in [0.5, 0.6) is 0 Å². The predicted octanol–water partition coefficient (Wildman–Crippen LogP) is 3.45. The summed E-state index contributed by atoms with van der Waals surface area (Å²) in [6.45, 7) is 0.443. The molecule has 0 fully saturated rings. The Morgan fingerprint density at radius 2 is 2.00 bits per heavy atom. The largest absolute Gasteiger partial charge is 0.461 e. The molecule has 0 aliphatic rings. The van der Waals surface area contributed by atoms with E-state index in [-0.39, 0.29) is 12.3 Å². The van der Waals surface area contributed by atoms with Crippen LogP contribution in [-0.4, -0.2) is 11.1 Å². The zero-order valence-corrected chi connectivity index (χ0v) is 12.3. The van der Waals surface area contributed by atoms with Crippen molar-refractivity contribution in [1.82, 2.24) is 10.5 Å². The summed E-state index contributed by atoms with van der Waals surface area (Å²) in [5.41, 5.74) is 1.54. The van der Waals surface area contributed by atoms with Crippen molar-refractivity contribution in [1.29, 1.82) is 0 Å². The lowest BCUT2D eigenvalue weighted by atomic mass is 10.2. The molecule has 1 N–H and O–H groups in total. The average Bonchev–Trinajstić information content (AvgIpc) is 3.17. The van der Waals surface area contributed by atoms with Crippen LogP contribution in [-0.2, 0) is 17.8 Å². The number of halogens is 1. The summed E-state index contributed by atoms with van der Waals surface area (Å²) in [6, 6.07) is 12.5. The molecule has 6 heteroatoms. The minimum Gasteiger partial charge on any atom is -0.461 e. The Balaban J connectivity index is 1.54. The van der Waals surface area contributed by atoms with E-state index in [1.807, 2.05) is 12.1 Å². The molecule has 112 valence electrons. The summed E-state index contributed by atoms with van der Waals surface area (Å²) < 4.78 is 10.4. The second-order valence-electron chi connectivity index (χ2n) is 4.74. The van der Waals surface area contributed by atoms with E-state index in [0.717, 1.165) is 5.56 Å². The first-order valence-electron chi connectivity index (χ1n) is 6.71. The lowest BCUT2D eigenvalue weighted by Crippen LogP contribution is -2.24. The van der Waals surface area contributed by atoms with Crippen LogP contribution < -0.4 is 5.32 Å². The van der Waals surface area contributed by atoms with Crippen LogP contribution in [0.1, 0.15) is 11.3 Å². The second kappa shape index (κ2) is 6.49. The van der Waals surface area contributed by atoms with E-state index < -0.39 is 0 Å². The smallest absolute Gasteiger partial charge is 0.226 e. The Morgan fingerprint density at radius 1 is 1.18 bits per heavy atom. The van der Waals surface area contributed by atoms with Crippen molar-refractivity contribution in [3.8, 4) is 11.5 Å². The van der Waals surface area contributed by atoms with Crippen molar-refractivity contribution in [2.24, 2.45) is 0 Å². The number of rotatable bonds is 5. The summed E-state index contributed by atoms with van der Waals surface area (Å²) in [5.74, 6) is 0.958. The van der Waals surface area contributed by atoms with Crippen LogP contribution in [0.3, 0.4) is 0 Å². The number of nitrogens with zero attached hydrogens (tertiary/aromatic N) is 1. The van der Waals surface area contributed by atoms with Gasteiger partial charge in [0.15, 0.2) is 5.76 Å². The second-order valence-corrected chi connectivity index (χ2v) is 5.18. The van der Waals surface area contributed by atoms with E-state index >= 15 is 0 Å². The van der Waals surface area contributed by atoms with Crippen molar-refractivity contribution >= 4 is 17.5 Å². The fraction of sp³-hybridized carbons (Fsp3) is 0.125. The average molecular weight is 317 g/mol. The Morgan fingerprint density at radius 3 is 2.73 bits per heavy atom. The highest BCUT2D eigenvalue weighted by Gasteiger charge is 2.12. The zero-order valence-electron chi connectivity index (χ0n) is 11.6. The fourth-order valence-corrected chi connectivity index (χ4v) is 2.09. The number of furan rings is 1. The van der Waals surface area contributed by atoms with Gasteiger partial charge in [-0.2, -0.15) is 0 Å². The number of aromatic nitrogens is 1. The highest BCUT2D eigenvalue weighted by Crippen LogP contribution is 2.20. The number of carbonyl (C=O) groups excluding carboxylic acids is 1. The van der Waals surface area contributed by atoms with E-state index in [1.165, 1.54) is 0 Å². The molecule has 3 rings (SSSR count). The maximum atomic E-state index is 11.9. The van der Waals surface area contributed by atoms with E-state index in [1.54, 1.807) is 36.6 Å². The van der Waals surface area contributed by atoms with Gasteiger partial charge in [-0.25, -0.2) is 0 Å². The molecular formula is C16H13ClN2O3. The summed E-state index contributed by atoms with van der Waals surface area (Å²) in [6.07, 6.45) is 1.70. The SMILES string of the molecule is O=C(Cc1cc(-c2ccco2)on1)NCc1ccc(Cl)cc1. The van der Waals surface area contributed by atoms with Crippen LogP contribution in [0, 0.1) is 0 Å². The molecule has 22 heavy (non-hydrogen) atoms. The molecule has 0 unspecified atom stereocenters. The summed E-state index contributed by atoms with van der Waals surface area (Å²) >= 11 is 5.81. The molecule has 0 bridgehead atoms. The van der Waals surface area contributed by atoms with Crippen molar-refractivity contribution in [2.75, 3.05) is 0 Å². The minimum absolute atomic E-state index is 0.130. The molecule has 0 aliphatic carbocycles. The molecule has 0 spiro atoms. The van der Waals surface area contributed by atoms with Gasteiger partial charge in [0.05, 0.1) is 18.4 Å². The molecule has 0 atom stereocenters. The molecule has 0 aliphatic heterocycles. The monoisotopic (exact) mass is 316 g/mol. The molecule has 5 nitrogen and oxygen atoms in total. The number of hydrogen-bond acceptors (Lipinski definition) is 4.